The van der Waals surface area contributed by atoms with Gasteiger partial charge in [0.05, 0.1) is 11.8 Å². The Morgan fingerprint density at radius 1 is 1.05 bits per heavy atom. The minimum atomic E-state index is -0.809. The molecule has 0 aromatic rings. The van der Waals surface area contributed by atoms with E-state index in [1.807, 2.05) is 0 Å². The van der Waals surface area contributed by atoms with Crippen LogP contribution in [0.15, 0.2) is 0 Å². The third-order valence-electron chi connectivity index (χ3n) is 5.03. The van der Waals surface area contributed by atoms with Gasteiger partial charge in [-0.25, -0.2) is 0 Å². The van der Waals surface area contributed by atoms with Gasteiger partial charge in [0, 0.05) is 6.54 Å². The van der Waals surface area contributed by atoms with E-state index in [1.54, 1.807) is 0 Å². The van der Waals surface area contributed by atoms with Crippen LogP contribution < -0.4 is 5.32 Å². The molecule has 0 bridgehead atoms. The lowest BCUT2D eigenvalue weighted by atomic mass is 9.78. The van der Waals surface area contributed by atoms with Crippen molar-refractivity contribution in [3.8, 4) is 0 Å². The Morgan fingerprint density at radius 3 is 2.40 bits per heavy atom. The molecule has 2 aliphatic carbocycles. The van der Waals surface area contributed by atoms with Crippen LogP contribution in [0.1, 0.15) is 58.3 Å². The van der Waals surface area contributed by atoms with E-state index in [0.29, 0.717) is 12.3 Å². The van der Waals surface area contributed by atoms with Crippen LogP contribution in [0.3, 0.4) is 0 Å². The Labute approximate surface area is 121 Å². The summed E-state index contributed by atoms with van der Waals surface area (Å²) in [5.74, 6) is -0.301. The van der Waals surface area contributed by atoms with Crippen LogP contribution in [0.5, 0.6) is 0 Å². The molecule has 2 rings (SSSR count). The first kappa shape index (κ1) is 15.3. The Kier molecular flexibility index (Phi) is 5.44. The van der Waals surface area contributed by atoms with E-state index in [4.69, 9.17) is 0 Å². The van der Waals surface area contributed by atoms with Crippen LogP contribution >= 0.6 is 0 Å². The monoisotopic (exact) mass is 281 g/mol. The second-order valence-corrected chi connectivity index (χ2v) is 6.72. The number of hydrogen-bond acceptors (Lipinski definition) is 2. The minimum Gasteiger partial charge on any atom is -0.481 e. The van der Waals surface area contributed by atoms with E-state index in [-0.39, 0.29) is 11.8 Å². The number of carbonyl (C=O) groups excluding carboxylic acids is 1. The molecule has 4 atom stereocenters. The number of carboxylic acids is 1. The average molecular weight is 281 g/mol. The van der Waals surface area contributed by atoms with Crippen molar-refractivity contribution in [2.45, 2.75) is 58.3 Å². The van der Waals surface area contributed by atoms with E-state index < -0.39 is 11.9 Å². The van der Waals surface area contributed by atoms with E-state index in [1.165, 1.54) is 25.7 Å². The molecule has 0 radical (unpaired) electrons. The molecular weight excluding hydrogens is 254 g/mol. The second kappa shape index (κ2) is 7.09. The van der Waals surface area contributed by atoms with Crippen molar-refractivity contribution in [2.75, 3.05) is 6.54 Å². The van der Waals surface area contributed by atoms with Crippen LogP contribution in [-0.2, 0) is 9.59 Å². The van der Waals surface area contributed by atoms with Crippen molar-refractivity contribution in [1.82, 2.24) is 5.32 Å². The first-order chi connectivity index (χ1) is 9.58. The van der Waals surface area contributed by atoms with Gasteiger partial charge in [-0.3, -0.25) is 9.59 Å². The van der Waals surface area contributed by atoms with Gasteiger partial charge in [-0.15, -0.1) is 0 Å². The molecule has 2 fully saturated rings. The van der Waals surface area contributed by atoms with Gasteiger partial charge in [0.25, 0.3) is 0 Å². The van der Waals surface area contributed by atoms with Crippen molar-refractivity contribution >= 4 is 11.9 Å². The zero-order valence-electron chi connectivity index (χ0n) is 12.4. The molecule has 20 heavy (non-hydrogen) atoms. The maximum absolute atomic E-state index is 12.3. The Balaban J connectivity index is 1.82. The fourth-order valence-electron chi connectivity index (χ4n) is 3.86. The summed E-state index contributed by atoms with van der Waals surface area (Å²) in [4.78, 5) is 23.5. The molecule has 4 nitrogen and oxygen atoms in total. The number of carbonyl (C=O) groups is 2. The molecular formula is C16H27NO3. The van der Waals surface area contributed by atoms with E-state index in [2.05, 4.69) is 12.2 Å². The number of amides is 1. The number of hydrogen-bond donors (Lipinski definition) is 2. The highest BCUT2D eigenvalue weighted by Crippen LogP contribution is 2.31. The lowest BCUT2D eigenvalue weighted by Gasteiger charge is -2.30. The highest BCUT2D eigenvalue weighted by molar-refractivity contribution is 5.84. The van der Waals surface area contributed by atoms with Gasteiger partial charge in [0.15, 0.2) is 0 Å². The molecule has 114 valence electrons. The maximum atomic E-state index is 12.3. The molecule has 0 heterocycles. The quantitative estimate of drug-likeness (QED) is 0.832. The zero-order valence-corrected chi connectivity index (χ0v) is 12.4. The highest BCUT2D eigenvalue weighted by Gasteiger charge is 2.35. The summed E-state index contributed by atoms with van der Waals surface area (Å²) in [7, 11) is 0. The highest BCUT2D eigenvalue weighted by atomic mass is 16.4. The molecule has 1 amide bonds. The number of carboxylic acid groups (broad SMARTS) is 1. The summed E-state index contributed by atoms with van der Waals surface area (Å²) < 4.78 is 0. The van der Waals surface area contributed by atoms with Gasteiger partial charge in [-0.1, -0.05) is 32.6 Å². The molecule has 0 aromatic heterocycles. The van der Waals surface area contributed by atoms with E-state index in [9.17, 15) is 14.7 Å². The Bertz CT molecular complexity index is 356. The molecule has 0 saturated heterocycles. The fraction of sp³-hybridized carbons (Fsp3) is 0.875. The predicted molar refractivity (Wildman–Crippen MR) is 77.2 cm³/mol. The average Bonchev–Trinajstić information content (AvgIpc) is 2.45. The number of aliphatic carboxylic acids is 1. The van der Waals surface area contributed by atoms with Crippen molar-refractivity contribution in [3.63, 3.8) is 0 Å². The first-order valence-electron chi connectivity index (χ1n) is 8.08. The summed E-state index contributed by atoms with van der Waals surface area (Å²) in [5, 5.41) is 12.3. The lowest BCUT2D eigenvalue weighted by Crippen LogP contribution is -2.41. The molecule has 2 N–H and O–H groups in total. The molecule has 0 aliphatic heterocycles. The molecule has 2 unspecified atom stereocenters. The number of nitrogens with one attached hydrogen (secondary N) is 1. The SMILES string of the molecule is CC1CCCC(CNC(=O)[C@@H]2CCCC[C@@H]2C(=O)O)C1. The maximum Gasteiger partial charge on any atom is 0.307 e. The molecule has 0 aromatic carbocycles. The standard InChI is InChI=1S/C16H27NO3/c1-11-5-4-6-12(9-11)10-17-15(18)13-7-2-3-8-14(13)16(19)20/h11-14H,2-10H2,1H3,(H,17,18)(H,19,20)/t11?,12?,13-,14+/m1/s1. The summed E-state index contributed by atoms with van der Waals surface area (Å²) in [6.07, 6.45) is 8.21. The fourth-order valence-corrected chi connectivity index (χ4v) is 3.86. The van der Waals surface area contributed by atoms with Crippen molar-refractivity contribution in [2.24, 2.45) is 23.7 Å². The first-order valence-corrected chi connectivity index (χ1v) is 8.08. The Hall–Kier alpha value is -1.06. The molecule has 2 saturated carbocycles. The van der Waals surface area contributed by atoms with Gasteiger partial charge in [0.2, 0.25) is 5.91 Å². The van der Waals surface area contributed by atoms with Crippen molar-refractivity contribution in [1.29, 1.82) is 0 Å². The van der Waals surface area contributed by atoms with Crippen molar-refractivity contribution < 1.29 is 14.7 Å². The summed E-state index contributed by atoms with van der Waals surface area (Å²) in [6.45, 7) is 3.00. The minimum absolute atomic E-state index is 0.0321. The summed E-state index contributed by atoms with van der Waals surface area (Å²) >= 11 is 0. The van der Waals surface area contributed by atoms with Crippen molar-refractivity contribution in [3.05, 3.63) is 0 Å². The largest absolute Gasteiger partial charge is 0.481 e. The van der Waals surface area contributed by atoms with Gasteiger partial charge < -0.3 is 10.4 Å². The zero-order chi connectivity index (χ0) is 14.5. The van der Waals surface area contributed by atoms with E-state index in [0.717, 1.165) is 31.7 Å². The third-order valence-corrected chi connectivity index (χ3v) is 5.03. The van der Waals surface area contributed by atoms with Gasteiger partial charge in [-0.05, 0) is 37.5 Å². The molecule has 0 spiro atoms. The normalized spacial score (nSPS) is 34.5. The van der Waals surface area contributed by atoms with Crippen LogP contribution in [-0.4, -0.2) is 23.5 Å². The van der Waals surface area contributed by atoms with Gasteiger partial charge in [-0.2, -0.15) is 0 Å². The van der Waals surface area contributed by atoms with Crippen LogP contribution in [0.4, 0.5) is 0 Å². The summed E-state index contributed by atoms with van der Waals surface area (Å²) in [6, 6.07) is 0. The Morgan fingerprint density at radius 2 is 1.75 bits per heavy atom. The number of rotatable bonds is 4. The second-order valence-electron chi connectivity index (χ2n) is 6.72. The summed E-state index contributed by atoms with van der Waals surface area (Å²) in [5.41, 5.74) is 0. The van der Waals surface area contributed by atoms with E-state index >= 15 is 0 Å². The smallest absolute Gasteiger partial charge is 0.307 e. The predicted octanol–water partition coefficient (Wildman–Crippen LogP) is 2.82. The van der Waals surface area contributed by atoms with Gasteiger partial charge in [0.1, 0.15) is 0 Å². The topological polar surface area (TPSA) is 66.4 Å². The van der Waals surface area contributed by atoms with Crippen LogP contribution in [0.2, 0.25) is 0 Å². The van der Waals surface area contributed by atoms with Crippen LogP contribution in [0, 0.1) is 23.7 Å². The van der Waals surface area contributed by atoms with Gasteiger partial charge >= 0.3 is 5.97 Å². The van der Waals surface area contributed by atoms with Crippen LogP contribution in [0.25, 0.3) is 0 Å². The lowest BCUT2D eigenvalue weighted by molar-refractivity contribution is -0.149. The molecule has 2 aliphatic rings. The molecule has 4 heteroatoms. The third kappa shape index (κ3) is 3.97.